The smallest absolute Gasteiger partial charge is 0.141 e. The molecule has 0 aromatic carbocycles. The third-order valence-electron chi connectivity index (χ3n) is 2.23. The van der Waals surface area contributed by atoms with Gasteiger partial charge in [0.2, 0.25) is 0 Å². The van der Waals surface area contributed by atoms with Crippen molar-refractivity contribution in [1.82, 2.24) is 19.7 Å². The number of hydrogen-bond donors (Lipinski definition) is 1. The van der Waals surface area contributed by atoms with Gasteiger partial charge in [-0.15, -0.1) is 0 Å². The summed E-state index contributed by atoms with van der Waals surface area (Å²) in [5, 5.41) is 5.39. The van der Waals surface area contributed by atoms with Crippen molar-refractivity contribution >= 4 is 17.6 Å². The molecule has 6 heteroatoms. The Morgan fingerprint density at radius 1 is 1.24 bits per heavy atom. The molecule has 0 saturated heterocycles. The maximum Gasteiger partial charge on any atom is 0.141 e. The van der Waals surface area contributed by atoms with E-state index < -0.39 is 0 Å². The number of nitrogens with two attached hydrogens (primary N) is 1. The van der Waals surface area contributed by atoms with Gasteiger partial charge in [-0.25, -0.2) is 9.97 Å². The minimum atomic E-state index is 0.522. The lowest BCUT2D eigenvalue weighted by atomic mass is 10.4. The van der Waals surface area contributed by atoms with E-state index in [1.807, 2.05) is 31.6 Å². The van der Waals surface area contributed by atoms with Crippen LogP contribution in [0.5, 0.6) is 0 Å². The van der Waals surface area contributed by atoms with Gasteiger partial charge in [0.05, 0.1) is 16.5 Å². The lowest BCUT2D eigenvalue weighted by molar-refractivity contribution is 0.692. The summed E-state index contributed by atoms with van der Waals surface area (Å²) in [5.74, 6) is 1.98. The molecule has 2 aromatic heterocycles. The van der Waals surface area contributed by atoms with Gasteiger partial charge in [0.25, 0.3) is 0 Å². The minimum absolute atomic E-state index is 0.522. The summed E-state index contributed by atoms with van der Waals surface area (Å²) in [6, 6.07) is 3.81. The normalized spacial score (nSPS) is 10.8. The summed E-state index contributed by atoms with van der Waals surface area (Å²) in [7, 11) is 1.93. The topological polar surface area (TPSA) is 69.6 Å². The van der Waals surface area contributed by atoms with Crippen LogP contribution in [-0.2, 0) is 12.8 Å². The first-order chi connectivity index (χ1) is 8.04. The molecule has 2 rings (SSSR count). The first kappa shape index (κ1) is 11.9. The van der Waals surface area contributed by atoms with E-state index in [4.69, 9.17) is 5.73 Å². The molecule has 0 aliphatic rings. The van der Waals surface area contributed by atoms with E-state index in [9.17, 15) is 0 Å². The number of hydrogen-bond acceptors (Lipinski definition) is 5. The number of anilines is 1. The van der Waals surface area contributed by atoms with Gasteiger partial charge >= 0.3 is 0 Å². The number of aromatic nitrogens is 4. The van der Waals surface area contributed by atoms with Gasteiger partial charge in [-0.1, -0.05) is 11.8 Å². The maximum atomic E-state index is 5.68. The molecule has 0 fully saturated rings. The van der Waals surface area contributed by atoms with E-state index in [0.717, 1.165) is 22.2 Å². The lowest BCUT2D eigenvalue weighted by Crippen LogP contribution is -2.00. The largest absolute Gasteiger partial charge is 0.384 e. The lowest BCUT2D eigenvalue weighted by Gasteiger charge is -2.03. The third kappa shape index (κ3) is 2.97. The van der Waals surface area contributed by atoms with Crippen LogP contribution in [0.25, 0.3) is 0 Å². The second kappa shape index (κ2) is 4.75. The average Bonchev–Trinajstić information content (AvgIpc) is 2.53. The van der Waals surface area contributed by atoms with Crippen LogP contribution in [0.1, 0.15) is 17.2 Å². The second-order valence-corrected chi connectivity index (χ2v) is 4.88. The number of aryl methyl sites for hydroxylation is 3. The number of rotatable bonds is 3. The van der Waals surface area contributed by atoms with Crippen LogP contribution in [-0.4, -0.2) is 19.7 Å². The van der Waals surface area contributed by atoms with Gasteiger partial charge in [0, 0.05) is 18.8 Å². The molecule has 2 aromatic rings. The summed E-state index contributed by atoms with van der Waals surface area (Å²) in [4.78, 5) is 8.55. The van der Waals surface area contributed by atoms with Crippen molar-refractivity contribution in [2.24, 2.45) is 7.05 Å². The van der Waals surface area contributed by atoms with Crippen molar-refractivity contribution in [2.75, 3.05) is 5.73 Å². The first-order valence-electron chi connectivity index (χ1n) is 5.28. The van der Waals surface area contributed by atoms with E-state index in [-0.39, 0.29) is 0 Å². The first-order valence-corrected chi connectivity index (χ1v) is 6.26. The Balaban J connectivity index is 2.09. The molecular formula is C11H15N5S. The molecule has 0 bridgehead atoms. The fraction of sp³-hybridized carbons (Fsp3) is 0.364. The highest BCUT2D eigenvalue weighted by Crippen LogP contribution is 2.21. The Bertz CT molecular complexity index is 514. The van der Waals surface area contributed by atoms with Crippen LogP contribution in [0, 0.1) is 13.8 Å². The van der Waals surface area contributed by atoms with Crippen LogP contribution in [0.3, 0.4) is 0 Å². The molecule has 0 unspecified atom stereocenters. The summed E-state index contributed by atoms with van der Waals surface area (Å²) in [6.45, 7) is 3.89. The van der Waals surface area contributed by atoms with Gasteiger partial charge in [-0.2, -0.15) is 5.10 Å². The molecule has 5 nitrogen and oxygen atoms in total. The molecule has 0 atom stereocenters. The highest BCUT2D eigenvalue weighted by atomic mass is 32.2. The molecule has 0 saturated carbocycles. The zero-order valence-corrected chi connectivity index (χ0v) is 11.0. The number of thioether (sulfide) groups is 1. The Hall–Kier alpha value is -1.56. The van der Waals surface area contributed by atoms with Crippen molar-refractivity contribution in [3.63, 3.8) is 0 Å². The standard InChI is InChI=1S/C11H15N5S/c1-7-4-9(12)14-10(13-7)6-17-11-5-8(2)15-16(11)3/h4-5H,6H2,1-3H3,(H2,12,13,14). The number of nitrogen functional groups attached to an aromatic ring is 1. The zero-order chi connectivity index (χ0) is 12.4. The predicted octanol–water partition coefficient (Wildman–Crippen LogP) is 1.70. The highest BCUT2D eigenvalue weighted by Gasteiger charge is 2.05. The summed E-state index contributed by atoms with van der Waals surface area (Å²) < 4.78 is 1.86. The zero-order valence-electron chi connectivity index (χ0n) is 10.1. The van der Waals surface area contributed by atoms with Gasteiger partial charge in [0.1, 0.15) is 11.6 Å². The molecule has 2 heterocycles. The van der Waals surface area contributed by atoms with E-state index >= 15 is 0 Å². The van der Waals surface area contributed by atoms with E-state index in [1.165, 1.54) is 0 Å². The Morgan fingerprint density at radius 2 is 2.00 bits per heavy atom. The van der Waals surface area contributed by atoms with Crippen LogP contribution in [0.15, 0.2) is 17.2 Å². The van der Waals surface area contributed by atoms with Crippen molar-refractivity contribution < 1.29 is 0 Å². The average molecular weight is 249 g/mol. The highest BCUT2D eigenvalue weighted by molar-refractivity contribution is 7.98. The summed E-state index contributed by atoms with van der Waals surface area (Å²) in [6.07, 6.45) is 0. The predicted molar refractivity (Wildman–Crippen MR) is 68.7 cm³/mol. The van der Waals surface area contributed by atoms with Crippen molar-refractivity contribution in [3.05, 3.63) is 29.3 Å². The fourth-order valence-corrected chi connectivity index (χ4v) is 2.47. The Morgan fingerprint density at radius 3 is 2.59 bits per heavy atom. The third-order valence-corrected chi connectivity index (χ3v) is 3.31. The SMILES string of the molecule is Cc1cc(N)nc(CSc2cc(C)nn2C)n1. The Kier molecular flexibility index (Phi) is 3.33. The molecule has 0 aliphatic carbocycles. The van der Waals surface area contributed by atoms with Gasteiger partial charge in [-0.05, 0) is 19.9 Å². The molecule has 0 spiro atoms. The minimum Gasteiger partial charge on any atom is -0.384 e. The quantitative estimate of drug-likeness (QED) is 0.838. The molecule has 0 aliphatic heterocycles. The molecule has 17 heavy (non-hydrogen) atoms. The molecule has 0 amide bonds. The molecule has 90 valence electrons. The van der Waals surface area contributed by atoms with Crippen LogP contribution in [0.2, 0.25) is 0 Å². The van der Waals surface area contributed by atoms with Gasteiger partial charge in [-0.3, -0.25) is 4.68 Å². The molecular weight excluding hydrogens is 234 g/mol. The maximum absolute atomic E-state index is 5.68. The fourth-order valence-electron chi connectivity index (χ4n) is 1.58. The van der Waals surface area contributed by atoms with Crippen molar-refractivity contribution in [2.45, 2.75) is 24.6 Å². The van der Waals surface area contributed by atoms with Crippen LogP contribution in [0.4, 0.5) is 5.82 Å². The van der Waals surface area contributed by atoms with E-state index in [1.54, 1.807) is 17.8 Å². The van der Waals surface area contributed by atoms with Crippen molar-refractivity contribution in [3.8, 4) is 0 Å². The van der Waals surface area contributed by atoms with Gasteiger partial charge in [0.15, 0.2) is 0 Å². The monoisotopic (exact) mass is 249 g/mol. The molecule has 0 radical (unpaired) electrons. The number of nitrogens with zero attached hydrogens (tertiary/aromatic N) is 4. The van der Waals surface area contributed by atoms with E-state index in [0.29, 0.717) is 11.6 Å². The summed E-state index contributed by atoms with van der Waals surface area (Å²) >= 11 is 1.66. The van der Waals surface area contributed by atoms with E-state index in [2.05, 4.69) is 15.1 Å². The van der Waals surface area contributed by atoms with Crippen LogP contribution >= 0.6 is 11.8 Å². The Labute approximate surface area is 104 Å². The summed E-state index contributed by atoms with van der Waals surface area (Å²) in [5.41, 5.74) is 7.60. The van der Waals surface area contributed by atoms with Gasteiger partial charge < -0.3 is 5.73 Å². The van der Waals surface area contributed by atoms with Crippen LogP contribution < -0.4 is 5.73 Å². The second-order valence-electron chi connectivity index (χ2n) is 3.89. The molecule has 2 N–H and O–H groups in total. The van der Waals surface area contributed by atoms with Crippen molar-refractivity contribution in [1.29, 1.82) is 0 Å².